The van der Waals surface area contributed by atoms with Gasteiger partial charge in [-0.1, -0.05) is 78.1 Å². The van der Waals surface area contributed by atoms with E-state index in [-0.39, 0.29) is 0 Å². The van der Waals surface area contributed by atoms with Crippen molar-refractivity contribution in [2.75, 3.05) is 0 Å². The Morgan fingerprint density at radius 3 is 1.50 bits per heavy atom. The lowest BCUT2D eigenvalue weighted by Crippen LogP contribution is -2.05. The van der Waals surface area contributed by atoms with Crippen molar-refractivity contribution in [1.82, 2.24) is 0 Å². The minimum absolute atomic E-state index is 0.423. The van der Waals surface area contributed by atoms with E-state index in [0.717, 1.165) is 25.7 Å². The Hall–Kier alpha value is -0.140. The van der Waals surface area contributed by atoms with Gasteiger partial charge >= 0.3 is 6.43 Å². The molecule has 2 heteroatoms. The highest BCUT2D eigenvalue weighted by Gasteiger charge is 2.21. The van der Waals surface area contributed by atoms with Gasteiger partial charge in [-0.3, -0.25) is 0 Å². The summed E-state index contributed by atoms with van der Waals surface area (Å²) in [7, 11) is 0. The van der Waals surface area contributed by atoms with Gasteiger partial charge in [0.2, 0.25) is 0 Å². The molecule has 0 heterocycles. The van der Waals surface area contributed by atoms with Gasteiger partial charge in [0, 0.05) is 5.92 Å². The maximum atomic E-state index is 12.8. The number of hydrogen-bond acceptors (Lipinski definition) is 0. The second kappa shape index (κ2) is 13.3. The predicted molar refractivity (Wildman–Crippen MR) is 75.7 cm³/mol. The molecule has 0 bridgehead atoms. The molecule has 0 aromatic heterocycles. The molecule has 0 aliphatic heterocycles. The zero-order chi connectivity index (χ0) is 13.6. The van der Waals surface area contributed by atoms with Gasteiger partial charge in [0.15, 0.2) is 0 Å². The quantitative estimate of drug-likeness (QED) is 0.321. The Bertz CT molecular complexity index is 157. The van der Waals surface area contributed by atoms with Crippen molar-refractivity contribution in [3.8, 4) is 0 Å². The van der Waals surface area contributed by atoms with Crippen LogP contribution >= 0.6 is 0 Å². The largest absolute Gasteiger partial charge is 0.313 e. The molecule has 1 radical (unpaired) electrons. The second-order valence-electron chi connectivity index (χ2n) is 5.39. The first-order chi connectivity index (χ1) is 8.72. The second-order valence-corrected chi connectivity index (χ2v) is 5.39. The lowest BCUT2D eigenvalue weighted by atomic mass is 9.95. The van der Waals surface area contributed by atoms with Crippen LogP contribution in [0.25, 0.3) is 0 Å². The minimum Gasteiger partial charge on any atom is -0.200 e. The molecule has 0 aromatic carbocycles. The lowest BCUT2D eigenvalue weighted by molar-refractivity contribution is 0.183. The van der Waals surface area contributed by atoms with Gasteiger partial charge in [0.05, 0.1) is 0 Å². The van der Waals surface area contributed by atoms with Crippen molar-refractivity contribution in [1.29, 1.82) is 0 Å². The van der Waals surface area contributed by atoms with Gasteiger partial charge in [-0.05, 0) is 12.8 Å². The first-order valence-corrected chi connectivity index (χ1v) is 7.90. The van der Waals surface area contributed by atoms with Crippen LogP contribution in [0.15, 0.2) is 0 Å². The summed E-state index contributed by atoms with van der Waals surface area (Å²) in [5.74, 6) is -0.423. The third-order valence-corrected chi connectivity index (χ3v) is 3.62. The van der Waals surface area contributed by atoms with Crippen molar-refractivity contribution in [3.05, 3.63) is 6.43 Å². The molecule has 0 aliphatic carbocycles. The summed E-state index contributed by atoms with van der Waals surface area (Å²) in [6.45, 7) is 4.34. The topological polar surface area (TPSA) is 0 Å². The number of halogens is 2. The molecule has 0 rings (SSSR count). The Morgan fingerprint density at radius 1 is 0.667 bits per heavy atom. The van der Waals surface area contributed by atoms with E-state index in [1.54, 1.807) is 0 Å². The molecule has 18 heavy (non-hydrogen) atoms. The number of rotatable bonds is 13. The van der Waals surface area contributed by atoms with Gasteiger partial charge in [-0.25, -0.2) is 0 Å². The standard InChI is InChI=1S/C16H31F2/c1-3-5-7-9-10-12-14-15(16(17)18)13-11-8-6-4-2/h15H,3-14H2,1-2H3. The molecule has 109 valence electrons. The molecule has 0 amide bonds. The van der Waals surface area contributed by atoms with Crippen molar-refractivity contribution in [2.45, 2.75) is 90.9 Å². The van der Waals surface area contributed by atoms with E-state index in [0.29, 0.717) is 12.8 Å². The van der Waals surface area contributed by atoms with Crippen LogP contribution in [-0.2, 0) is 0 Å². The Balaban J connectivity index is 3.51. The fraction of sp³-hybridized carbons (Fsp3) is 0.938. The summed E-state index contributed by atoms with van der Waals surface area (Å²) in [6.07, 6.45) is 11.6. The van der Waals surface area contributed by atoms with Crippen LogP contribution < -0.4 is 0 Å². The first-order valence-electron chi connectivity index (χ1n) is 7.90. The fourth-order valence-corrected chi connectivity index (χ4v) is 2.35. The maximum absolute atomic E-state index is 12.8. The van der Waals surface area contributed by atoms with Crippen LogP contribution in [0.2, 0.25) is 0 Å². The number of unbranched alkanes of at least 4 members (excludes halogenated alkanes) is 8. The Morgan fingerprint density at radius 2 is 1.06 bits per heavy atom. The summed E-state index contributed by atoms with van der Waals surface area (Å²) in [4.78, 5) is 0. The summed E-state index contributed by atoms with van der Waals surface area (Å²) in [6, 6.07) is 0. The zero-order valence-corrected chi connectivity index (χ0v) is 12.3. The van der Waals surface area contributed by atoms with E-state index in [2.05, 4.69) is 13.8 Å². The zero-order valence-electron chi connectivity index (χ0n) is 12.3. The molecule has 0 fully saturated rings. The molecular weight excluding hydrogens is 230 g/mol. The van der Waals surface area contributed by atoms with Gasteiger partial charge in [0.1, 0.15) is 0 Å². The molecule has 1 atom stereocenters. The highest BCUT2D eigenvalue weighted by molar-refractivity contribution is 4.74. The van der Waals surface area contributed by atoms with E-state index in [1.165, 1.54) is 38.5 Å². The normalized spacial score (nSPS) is 13.2. The van der Waals surface area contributed by atoms with Crippen LogP contribution in [0.1, 0.15) is 90.9 Å². The van der Waals surface area contributed by atoms with Crippen molar-refractivity contribution < 1.29 is 8.78 Å². The van der Waals surface area contributed by atoms with Gasteiger partial charge in [0.25, 0.3) is 0 Å². The summed E-state index contributed by atoms with van der Waals surface area (Å²) >= 11 is 0. The van der Waals surface area contributed by atoms with Crippen LogP contribution in [0.3, 0.4) is 0 Å². The highest BCUT2D eigenvalue weighted by atomic mass is 19.3. The number of hydrogen-bond donors (Lipinski definition) is 0. The molecule has 0 aromatic rings. The predicted octanol–water partition coefficient (Wildman–Crippen LogP) is 6.75. The van der Waals surface area contributed by atoms with Gasteiger partial charge < -0.3 is 0 Å². The monoisotopic (exact) mass is 261 g/mol. The average Bonchev–Trinajstić information content (AvgIpc) is 2.35. The first kappa shape index (κ1) is 17.9. The van der Waals surface area contributed by atoms with Crippen LogP contribution in [0.5, 0.6) is 0 Å². The third kappa shape index (κ3) is 11.0. The fourth-order valence-electron chi connectivity index (χ4n) is 2.35. The van der Waals surface area contributed by atoms with Crippen molar-refractivity contribution in [2.24, 2.45) is 5.92 Å². The maximum Gasteiger partial charge on any atom is 0.313 e. The van der Waals surface area contributed by atoms with Crippen LogP contribution in [-0.4, -0.2) is 0 Å². The molecule has 1 unspecified atom stereocenters. The smallest absolute Gasteiger partial charge is 0.200 e. The van der Waals surface area contributed by atoms with E-state index in [9.17, 15) is 8.78 Å². The Labute approximate surface area is 113 Å². The van der Waals surface area contributed by atoms with Crippen LogP contribution in [0.4, 0.5) is 8.78 Å². The highest BCUT2D eigenvalue weighted by Crippen LogP contribution is 2.29. The van der Waals surface area contributed by atoms with Crippen molar-refractivity contribution in [3.63, 3.8) is 0 Å². The SMILES string of the molecule is CCCCCCCCC(CCCCCC)[C](F)F. The van der Waals surface area contributed by atoms with Crippen LogP contribution in [0, 0.1) is 12.3 Å². The van der Waals surface area contributed by atoms with Crippen molar-refractivity contribution >= 4 is 0 Å². The minimum atomic E-state index is -1.33. The molecule has 0 N–H and O–H groups in total. The Kier molecular flexibility index (Phi) is 13.2. The van der Waals surface area contributed by atoms with E-state index < -0.39 is 12.3 Å². The van der Waals surface area contributed by atoms with E-state index >= 15 is 0 Å². The van der Waals surface area contributed by atoms with E-state index in [4.69, 9.17) is 0 Å². The summed E-state index contributed by atoms with van der Waals surface area (Å²) < 4.78 is 25.5. The molecule has 0 spiro atoms. The molecule has 0 nitrogen and oxygen atoms in total. The molecular formula is C16H31F2. The average molecular weight is 261 g/mol. The van der Waals surface area contributed by atoms with E-state index in [1.807, 2.05) is 0 Å². The summed E-state index contributed by atoms with van der Waals surface area (Å²) in [5, 5.41) is 0. The molecule has 0 saturated heterocycles. The van der Waals surface area contributed by atoms with Gasteiger partial charge in [-0.2, -0.15) is 8.78 Å². The molecule has 0 aliphatic rings. The summed E-state index contributed by atoms with van der Waals surface area (Å²) in [5.41, 5.74) is 0. The lowest BCUT2D eigenvalue weighted by Gasteiger charge is -2.14. The third-order valence-electron chi connectivity index (χ3n) is 3.62. The molecule has 0 saturated carbocycles. The van der Waals surface area contributed by atoms with Gasteiger partial charge in [-0.15, -0.1) is 0 Å².